The number of alkyl halides is 3. The van der Waals surface area contributed by atoms with Gasteiger partial charge in [-0.3, -0.25) is 52.2 Å². The van der Waals surface area contributed by atoms with E-state index < -0.39 is 325 Å². The van der Waals surface area contributed by atoms with Crippen molar-refractivity contribution >= 4 is 145 Å². The Balaban J connectivity index is 1.18. The molecule has 8 heterocycles. The number of carbonyl (C=O) groups is 17. The first kappa shape index (κ1) is 99.3. The standard InChI is InChI=1S/C70H94Cl3N4O45P/c1-13-15-17-104-123(95,105-18-16-14-2)122-70(62(90)99-12)22-39-50(77-66(94)116-39)57(121-70)53(111-35(8)83)43(108-32(5)80)29-102-68(60(88)97-10)20-37-48(75-64(92)114-37)55(119-68)51(109-33(6)81)41(106-30(3)78)27-101-67(59(87)96-9)19-36-47(74-63(91)113-36)56(118-67)52(110-34(7)82)42(107-31(4)79)28-103-69(61(89)98-11)21-38-49(76-65(93)115-38)58(120-69)54(117-46(86)25-73)40(112-45(85)24-72)26-100-44(84)23-71/h36-43,47-58H,13-29H2,1-12H3,(H,74,91)(H,75,92)(H,76,93)(H,77,94)/t36-,37-,38-,39-,40+,41+,42+,43+,47+,48+,49+,50+,51+,52+,53+,54+,55+,56+,57+,58+,67+,68+,69+,70-/m0/s1. The monoisotopic (exact) mass is 1850 g/mol. The summed E-state index contributed by atoms with van der Waals surface area (Å²) >= 11 is 17.3. The minimum Gasteiger partial charge on any atom is -0.465 e. The molecule has 4 amide bonds. The number of hydrogen-bond donors (Lipinski definition) is 4. The second-order valence-electron chi connectivity index (χ2n) is 28.2. The summed E-state index contributed by atoms with van der Waals surface area (Å²) in [6, 6.07) is -6.44. The number of amides is 4. The van der Waals surface area contributed by atoms with Crippen LogP contribution in [-0.2, 0) is 194 Å². The van der Waals surface area contributed by atoms with Crippen LogP contribution in [-0.4, -0.2) is 333 Å². The maximum Gasteiger partial charge on any atom is 0.477 e. The summed E-state index contributed by atoms with van der Waals surface area (Å²) in [5.41, 5.74) is 0. The third kappa shape index (κ3) is 24.5. The molecule has 0 aromatic heterocycles. The average molecular weight is 1850 g/mol. The predicted octanol–water partition coefficient (Wildman–Crippen LogP) is 0.00850. The molecular formula is C70H94Cl3N4O45P. The number of hydrogen-bond acceptors (Lipinski definition) is 45. The fourth-order valence-electron chi connectivity index (χ4n) is 14.5. The first-order valence-electron chi connectivity index (χ1n) is 37.9. The van der Waals surface area contributed by atoms with Crippen LogP contribution in [0.2, 0.25) is 0 Å². The maximum atomic E-state index is 14.9. The fraction of sp³-hybridized carbons (Fsp3) is 0.757. The Labute approximate surface area is 713 Å². The molecule has 8 aliphatic heterocycles. The van der Waals surface area contributed by atoms with Gasteiger partial charge in [-0.15, -0.1) is 34.8 Å². The second-order valence-corrected chi connectivity index (χ2v) is 30.6. The van der Waals surface area contributed by atoms with Crippen LogP contribution < -0.4 is 21.3 Å². The van der Waals surface area contributed by atoms with Crippen molar-refractivity contribution in [3.05, 3.63) is 0 Å². The molecule has 0 spiro atoms. The molecule has 0 radical (unpaired) electrons. The van der Waals surface area contributed by atoms with E-state index in [0.29, 0.717) is 12.8 Å². The van der Waals surface area contributed by atoms with Crippen LogP contribution in [0.4, 0.5) is 19.2 Å². The summed E-state index contributed by atoms with van der Waals surface area (Å²) in [6.07, 6.45) is -39.8. The zero-order valence-electron chi connectivity index (χ0n) is 68.0. The highest BCUT2D eigenvalue weighted by Gasteiger charge is 2.69. The number of esters is 13. The van der Waals surface area contributed by atoms with Crippen molar-refractivity contribution in [1.29, 1.82) is 0 Å². The van der Waals surface area contributed by atoms with Gasteiger partial charge in [0.2, 0.25) is 0 Å². The van der Waals surface area contributed by atoms with Crippen LogP contribution in [0.5, 0.6) is 0 Å². The number of phosphoric acid groups is 1. The number of alkyl carbamates (subject to hydrolysis) is 4. The first-order chi connectivity index (χ1) is 58.2. The van der Waals surface area contributed by atoms with Gasteiger partial charge >= 0.3 is 110 Å². The van der Waals surface area contributed by atoms with Crippen LogP contribution in [0, 0.1) is 0 Å². The number of methoxy groups -OCH3 is 4. The van der Waals surface area contributed by atoms with Crippen molar-refractivity contribution in [2.75, 3.05) is 85.7 Å². The highest BCUT2D eigenvalue weighted by molar-refractivity contribution is 7.48. The lowest BCUT2D eigenvalue weighted by Crippen LogP contribution is -2.68. The molecule has 0 aromatic rings. The molecule has 123 heavy (non-hydrogen) atoms. The van der Waals surface area contributed by atoms with Crippen LogP contribution in [0.15, 0.2) is 0 Å². The molecule has 8 rings (SSSR count). The van der Waals surface area contributed by atoms with Crippen molar-refractivity contribution in [2.24, 2.45) is 0 Å². The van der Waals surface area contributed by atoms with E-state index in [0.717, 1.165) is 70.0 Å². The van der Waals surface area contributed by atoms with Crippen molar-refractivity contribution in [1.82, 2.24) is 21.3 Å². The van der Waals surface area contributed by atoms with Crippen LogP contribution in [0.3, 0.4) is 0 Å². The minimum atomic E-state index is -4.96. The SMILES string of the molecule is CCCCOP(=O)(OCCCC)O[C@]1(C(=O)OC)C[C@@H]2OC(=O)N[C@H]2[C@H]([C@H](OC(C)=O)[C@@H](CO[C@]2(C(=O)OC)C[C@@H]3OC(=O)N[C@H]3[C@H]([C@H](OC(C)=O)[C@@H](CO[C@]3(C(=O)OC)C[C@@H]4OC(=O)N[C@H]4[C@H]([C@H](OC(C)=O)[C@@H](CO[C@]4(C(=O)OC)C[C@@H]5OC(=O)N[C@H]5[C@H]([C@H](OC(=O)CCl)[C@@H](COC(=O)CCl)OC(=O)CCl)O4)OC(C)=O)O3)OC(C)=O)O2)OC(C)=O)O1. The van der Waals surface area contributed by atoms with Gasteiger partial charge in [0, 0.05) is 41.5 Å². The topological polar surface area (TPSA) is 605 Å². The van der Waals surface area contributed by atoms with E-state index in [1.165, 1.54) is 0 Å². The van der Waals surface area contributed by atoms with Crippen molar-refractivity contribution in [3.8, 4) is 0 Å². The summed E-state index contributed by atoms with van der Waals surface area (Å²) in [5, 5.41) is 9.75. The molecule has 4 N–H and O–H groups in total. The number of ether oxygens (including phenoxy) is 24. The molecule has 0 aliphatic carbocycles. The lowest BCUT2D eigenvalue weighted by atomic mass is 9.88. The molecule has 690 valence electrons. The van der Waals surface area contributed by atoms with Crippen molar-refractivity contribution in [3.63, 3.8) is 0 Å². The first-order valence-corrected chi connectivity index (χ1v) is 40.9. The molecule has 8 aliphatic rings. The zero-order valence-corrected chi connectivity index (χ0v) is 71.2. The lowest BCUT2D eigenvalue weighted by Gasteiger charge is -2.48. The summed E-state index contributed by atoms with van der Waals surface area (Å²) in [6.45, 7) is 3.08. The Morgan fingerprint density at radius 3 is 0.919 bits per heavy atom. The van der Waals surface area contributed by atoms with Crippen LogP contribution in [0.1, 0.15) is 107 Å². The lowest BCUT2D eigenvalue weighted by molar-refractivity contribution is -0.330. The number of nitrogens with one attached hydrogen (secondary N) is 4. The van der Waals surface area contributed by atoms with Gasteiger partial charge < -0.3 is 135 Å². The predicted molar refractivity (Wildman–Crippen MR) is 390 cm³/mol. The third-order valence-electron chi connectivity index (χ3n) is 19.5. The average Bonchev–Trinajstić information content (AvgIpc) is 1.72. The molecule has 0 bridgehead atoms. The number of unbranched alkanes of at least 4 members (excludes halogenated alkanes) is 2. The number of rotatable bonds is 44. The van der Waals surface area contributed by atoms with E-state index in [4.69, 9.17) is 162 Å². The Morgan fingerprint density at radius 1 is 0.382 bits per heavy atom. The molecule has 8 fully saturated rings. The van der Waals surface area contributed by atoms with E-state index in [1.807, 2.05) is 0 Å². The Morgan fingerprint density at radius 2 is 0.642 bits per heavy atom. The Kier molecular flexibility index (Phi) is 35.3. The highest BCUT2D eigenvalue weighted by atomic mass is 35.5. The van der Waals surface area contributed by atoms with Gasteiger partial charge in [0.25, 0.3) is 23.1 Å². The quantitative estimate of drug-likeness (QED) is 0.0205. The highest BCUT2D eigenvalue weighted by Crippen LogP contribution is 2.57. The van der Waals surface area contributed by atoms with Gasteiger partial charge in [-0.2, -0.15) is 0 Å². The van der Waals surface area contributed by atoms with E-state index in [9.17, 15) is 86.1 Å². The maximum absolute atomic E-state index is 14.9. The van der Waals surface area contributed by atoms with Gasteiger partial charge in [0.15, 0.2) is 48.8 Å². The van der Waals surface area contributed by atoms with Crippen LogP contribution >= 0.6 is 42.6 Å². The number of phosphoric ester groups is 1. The van der Waals surface area contributed by atoms with Crippen LogP contribution in [0.25, 0.3) is 0 Å². The fourth-order valence-corrected chi connectivity index (χ4v) is 16.2. The third-order valence-corrected chi connectivity index (χ3v) is 21.6. The van der Waals surface area contributed by atoms with Gasteiger partial charge in [0.05, 0.1) is 111 Å². The number of halogens is 3. The van der Waals surface area contributed by atoms with Crippen molar-refractivity contribution < 1.29 is 213 Å². The van der Waals surface area contributed by atoms with E-state index in [-0.39, 0.29) is 26.1 Å². The summed E-state index contributed by atoms with van der Waals surface area (Å²) < 4.78 is 171. The van der Waals surface area contributed by atoms with E-state index >= 15 is 0 Å². The molecule has 49 nitrogen and oxygen atoms in total. The summed E-state index contributed by atoms with van der Waals surface area (Å²) in [4.78, 5) is 232. The number of fused-ring (bicyclic) bond motifs is 4. The van der Waals surface area contributed by atoms with Crippen molar-refractivity contribution in [2.45, 2.75) is 252 Å². The molecule has 0 unspecified atom stereocenters. The molecule has 0 saturated carbocycles. The molecule has 0 aromatic carbocycles. The van der Waals surface area contributed by atoms with Gasteiger partial charge in [-0.05, 0) is 12.8 Å². The smallest absolute Gasteiger partial charge is 0.465 e. The molecule has 8 saturated heterocycles. The summed E-state index contributed by atoms with van der Waals surface area (Å²) in [7, 11) is -1.67. The zero-order chi connectivity index (χ0) is 90.8. The van der Waals surface area contributed by atoms with Gasteiger partial charge in [-0.1, -0.05) is 26.7 Å². The minimum absolute atomic E-state index is 0.262. The Hall–Kier alpha value is -9.11. The Bertz CT molecular complexity index is 3950. The molecule has 53 heteroatoms. The normalized spacial score (nSPS) is 29.7. The largest absolute Gasteiger partial charge is 0.477 e. The van der Waals surface area contributed by atoms with E-state index in [2.05, 4.69) is 21.3 Å². The van der Waals surface area contributed by atoms with Gasteiger partial charge in [0.1, 0.15) is 73.1 Å². The molecular weight excluding hydrogens is 1750 g/mol. The number of carbonyl (C=O) groups excluding carboxylic acids is 17. The van der Waals surface area contributed by atoms with E-state index in [1.54, 1.807) is 13.8 Å². The van der Waals surface area contributed by atoms with Gasteiger partial charge in [-0.25, -0.2) is 47.4 Å². The summed E-state index contributed by atoms with van der Waals surface area (Å²) in [5.74, 6) is -32.0. The molecule has 24 atom stereocenters. The second kappa shape index (κ2) is 43.7.